The highest BCUT2D eigenvalue weighted by Crippen LogP contribution is 2.07. The topological polar surface area (TPSA) is 81.2 Å². The zero-order valence-electron chi connectivity index (χ0n) is 8.63. The summed E-state index contributed by atoms with van der Waals surface area (Å²) < 4.78 is 4.67. The van der Waals surface area contributed by atoms with Crippen LogP contribution in [-0.4, -0.2) is 23.1 Å². The maximum Gasteiger partial charge on any atom is 0.256 e. The predicted octanol–water partition coefficient (Wildman–Crippen LogP) is 0.450. The zero-order chi connectivity index (χ0) is 10.8. The second kappa shape index (κ2) is 3.79. The largest absolute Gasteiger partial charge is 0.364 e. The van der Waals surface area contributed by atoms with Crippen molar-refractivity contribution in [1.29, 1.82) is 0 Å². The molecule has 5 heteroatoms. The highest BCUT2D eigenvalue weighted by atomic mass is 16.5. The van der Waals surface area contributed by atoms with Crippen molar-refractivity contribution in [2.45, 2.75) is 26.3 Å². The van der Waals surface area contributed by atoms with Gasteiger partial charge in [-0.25, -0.2) is 0 Å². The number of hydrogen-bond donors (Lipinski definition) is 2. The van der Waals surface area contributed by atoms with E-state index in [0.717, 1.165) is 0 Å². The summed E-state index contributed by atoms with van der Waals surface area (Å²) in [6.45, 7) is 5.80. The van der Waals surface area contributed by atoms with Crippen LogP contribution in [0.2, 0.25) is 0 Å². The van der Waals surface area contributed by atoms with Gasteiger partial charge in [-0.05, 0) is 20.8 Å². The molecule has 3 N–H and O–H groups in total. The third-order valence-corrected chi connectivity index (χ3v) is 1.96. The molecule has 1 amide bonds. The van der Waals surface area contributed by atoms with Gasteiger partial charge in [0.1, 0.15) is 11.8 Å². The Morgan fingerprint density at radius 1 is 1.71 bits per heavy atom. The second-order valence-corrected chi connectivity index (χ2v) is 3.86. The Bertz CT molecular complexity index is 331. The molecule has 0 saturated carbocycles. The fraction of sp³-hybridized carbons (Fsp3) is 0.556. The summed E-state index contributed by atoms with van der Waals surface area (Å²) >= 11 is 0. The molecule has 0 aliphatic carbocycles. The summed E-state index contributed by atoms with van der Waals surface area (Å²) in [5.74, 6) is -0.209. The lowest BCUT2D eigenvalue weighted by molar-refractivity contribution is 0.0914. The molecule has 0 aromatic carbocycles. The normalized spacial score (nSPS) is 11.4. The van der Waals surface area contributed by atoms with Crippen molar-refractivity contribution in [2.24, 2.45) is 5.73 Å². The third-order valence-electron chi connectivity index (χ3n) is 1.96. The minimum absolute atomic E-state index is 0.209. The van der Waals surface area contributed by atoms with Gasteiger partial charge in [-0.2, -0.15) is 0 Å². The molecule has 14 heavy (non-hydrogen) atoms. The number of aromatic nitrogens is 1. The van der Waals surface area contributed by atoms with Crippen LogP contribution in [0, 0.1) is 6.92 Å². The molecule has 78 valence electrons. The van der Waals surface area contributed by atoms with Crippen LogP contribution in [0.4, 0.5) is 0 Å². The Labute approximate surface area is 82.6 Å². The number of carbonyl (C=O) groups excluding carboxylic acids is 1. The first-order valence-corrected chi connectivity index (χ1v) is 4.40. The van der Waals surface area contributed by atoms with Gasteiger partial charge in [0, 0.05) is 12.1 Å². The predicted molar refractivity (Wildman–Crippen MR) is 51.8 cm³/mol. The molecule has 0 spiro atoms. The standard InChI is InChI=1S/C9H15N3O2/c1-6-7(4-14-12-6)8(13)11-9(2,3)5-10/h4H,5,10H2,1-3H3,(H,11,13). The lowest BCUT2D eigenvalue weighted by atomic mass is 10.1. The molecule has 1 heterocycles. The molecule has 0 aliphatic rings. The van der Waals surface area contributed by atoms with E-state index in [2.05, 4.69) is 15.0 Å². The summed E-state index contributed by atoms with van der Waals surface area (Å²) in [4.78, 5) is 11.6. The summed E-state index contributed by atoms with van der Waals surface area (Å²) in [6, 6.07) is 0. The molecule has 1 rings (SSSR count). The molecule has 1 aromatic heterocycles. The smallest absolute Gasteiger partial charge is 0.256 e. The van der Waals surface area contributed by atoms with Crippen molar-refractivity contribution < 1.29 is 9.32 Å². The van der Waals surface area contributed by atoms with Gasteiger partial charge in [0.15, 0.2) is 0 Å². The van der Waals surface area contributed by atoms with Crippen molar-refractivity contribution in [1.82, 2.24) is 10.5 Å². The number of nitrogens with one attached hydrogen (secondary N) is 1. The monoisotopic (exact) mass is 197 g/mol. The van der Waals surface area contributed by atoms with Crippen LogP contribution >= 0.6 is 0 Å². The Balaban J connectivity index is 2.73. The lowest BCUT2D eigenvalue weighted by Crippen LogP contribution is -2.48. The van der Waals surface area contributed by atoms with E-state index in [1.54, 1.807) is 6.92 Å². The average molecular weight is 197 g/mol. The lowest BCUT2D eigenvalue weighted by Gasteiger charge is -2.23. The van der Waals surface area contributed by atoms with Gasteiger partial charge in [0.25, 0.3) is 5.91 Å². The second-order valence-electron chi connectivity index (χ2n) is 3.86. The van der Waals surface area contributed by atoms with Crippen LogP contribution < -0.4 is 11.1 Å². The number of carbonyl (C=O) groups is 1. The first kappa shape index (κ1) is 10.7. The molecule has 0 unspecified atom stereocenters. The van der Waals surface area contributed by atoms with Crippen LogP contribution in [-0.2, 0) is 0 Å². The van der Waals surface area contributed by atoms with Crippen LogP contribution in [0.5, 0.6) is 0 Å². The quantitative estimate of drug-likeness (QED) is 0.737. The maximum absolute atomic E-state index is 11.6. The molecular weight excluding hydrogens is 182 g/mol. The van der Waals surface area contributed by atoms with Gasteiger partial charge in [0.2, 0.25) is 0 Å². The van der Waals surface area contributed by atoms with Gasteiger partial charge in [-0.3, -0.25) is 4.79 Å². The molecule has 0 saturated heterocycles. The zero-order valence-corrected chi connectivity index (χ0v) is 8.63. The van der Waals surface area contributed by atoms with Crippen molar-refractivity contribution in [2.75, 3.05) is 6.54 Å². The highest BCUT2D eigenvalue weighted by molar-refractivity contribution is 5.95. The molecule has 0 aliphatic heterocycles. The van der Waals surface area contributed by atoms with Crippen molar-refractivity contribution in [3.63, 3.8) is 0 Å². The Morgan fingerprint density at radius 2 is 2.36 bits per heavy atom. The number of aryl methyl sites for hydroxylation is 1. The molecule has 5 nitrogen and oxygen atoms in total. The first-order chi connectivity index (χ1) is 6.46. The number of amides is 1. The van der Waals surface area contributed by atoms with Crippen molar-refractivity contribution in [3.05, 3.63) is 17.5 Å². The summed E-state index contributed by atoms with van der Waals surface area (Å²) in [5, 5.41) is 6.41. The van der Waals surface area contributed by atoms with Crippen LogP contribution in [0.25, 0.3) is 0 Å². The molecule has 0 bridgehead atoms. The van der Waals surface area contributed by atoms with Gasteiger partial charge < -0.3 is 15.6 Å². The van der Waals surface area contributed by atoms with Gasteiger partial charge in [0.05, 0.1) is 5.69 Å². The fourth-order valence-electron chi connectivity index (χ4n) is 0.936. The minimum Gasteiger partial charge on any atom is -0.364 e. The van der Waals surface area contributed by atoms with E-state index in [1.165, 1.54) is 6.26 Å². The van der Waals surface area contributed by atoms with Crippen molar-refractivity contribution >= 4 is 5.91 Å². The van der Waals surface area contributed by atoms with Gasteiger partial charge >= 0.3 is 0 Å². The first-order valence-electron chi connectivity index (χ1n) is 4.40. The number of hydrogen-bond acceptors (Lipinski definition) is 4. The molecule has 0 fully saturated rings. The Morgan fingerprint density at radius 3 is 2.79 bits per heavy atom. The van der Waals surface area contributed by atoms with E-state index in [1.807, 2.05) is 13.8 Å². The highest BCUT2D eigenvalue weighted by Gasteiger charge is 2.21. The Hall–Kier alpha value is -1.36. The SMILES string of the molecule is Cc1nocc1C(=O)NC(C)(C)CN. The van der Waals surface area contributed by atoms with Crippen molar-refractivity contribution in [3.8, 4) is 0 Å². The van der Waals surface area contributed by atoms with E-state index < -0.39 is 5.54 Å². The fourth-order valence-corrected chi connectivity index (χ4v) is 0.936. The van der Waals surface area contributed by atoms with Crippen LogP contribution in [0.15, 0.2) is 10.8 Å². The van der Waals surface area contributed by atoms with E-state index in [9.17, 15) is 4.79 Å². The Kier molecular flexibility index (Phi) is 2.90. The molecule has 1 aromatic rings. The van der Waals surface area contributed by atoms with Crippen LogP contribution in [0.3, 0.4) is 0 Å². The summed E-state index contributed by atoms with van der Waals surface area (Å²) in [5.41, 5.74) is 6.11. The minimum atomic E-state index is -0.416. The van der Waals surface area contributed by atoms with E-state index >= 15 is 0 Å². The van der Waals surface area contributed by atoms with Gasteiger partial charge in [-0.15, -0.1) is 0 Å². The van der Waals surface area contributed by atoms with Crippen LogP contribution in [0.1, 0.15) is 29.9 Å². The number of nitrogens with two attached hydrogens (primary N) is 1. The molecule has 0 radical (unpaired) electrons. The maximum atomic E-state index is 11.6. The number of rotatable bonds is 3. The molecule has 0 atom stereocenters. The summed E-state index contributed by atoms with van der Waals surface area (Å²) in [7, 11) is 0. The van der Waals surface area contributed by atoms with E-state index in [4.69, 9.17) is 5.73 Å². The molecular formula is C9H15N3O2. The van der Waals surface area contributed by atoms with E-state index in [-0.39, 0.29) is 5.91 Å². The summed E-state index contributed by atoms with van der Waals surface area (Å²) in [6.07, 6.45) is 1.33. The average Bonchev–Trinajstić information content (AvgIpc) is 2.51. The number of nitrogens with zero attached hydrogens (tertiary/aromatic N) is 1. The third kappa shape index (κ3) is 2.32. The van der Waals surface area contributed by atoms with Gasteiger partial charge in [-0.1, -0.05) is 5.16 Å². The van der Waals surface area contributed by atoms with E-state index in [0.29, 0.717) is 17.8 Å².